The van der Waals surface area contributed by atoms with E-state index in [1.807, 2.05) is 0 Å². The number of anilines is 1. The normalized spacial score (nSPS) is 10.8. The summed E-state index contributed by atoms with van der Waals surface area (Å²) in [6, 6.07) is 4.57. The Hall–Kier alpha value is -1.55. The molecule has 1 N–H and O–H groups in total. The van der Waals surface area contributed by atoms with Gasteiger partial charge in [0.1, 0.15) is 11.9 Å². The SMILES string of the molecule is CC(C)(C)OC(=O)Nc1cc(Cl)cc(C=O)c1. The van der Waals surface area contributed by atoms with E-state index in [4.69, 9.17) is 16.3 Å². The molecular weight excluding hydrogens is 242 g/mol. The fraction of sp³-hybridized carbons (Fsp3) is 0.333. The third-order valence-electron chi connectivity index (χ3n) is 1.70. The number of aldehydes is 1. The number of carbonyl (C=O) groups excluding carboxylic acids is 2. The molecule has 0 atom stereocenters. The van der Waals surface area contributed by atoms with Crippen LogP contribution in [0.15, 0.2) is 18.2 Å². The van der Waals surface area contributed by atoms with Crippen LogP contribution in [0.3, 0.4) is 0 Å². The molecule has 0 fully saturated rings. The van der Waals surface area contributed by atoms with Crippen molar-refractivity contribution in [2.75, 3.05) is 5.32 Å². The summed E-state index contributed by atoms with van der Waals surface area (Å²) in [6.45, 7) is 5.30. The van der Waals surface area contributed by atoms with E-state index in [2.05, 4.69) is 5.32 Å². The molecule has 0 saturated carbocycles. The monoisotopic (exact) mass is 255 g/mol. The summed E-state index contributed by atoms with van der Waals surface area (Å²) in [5.41, 5.74) is 0.244. The van der Waals surface area contributed by atoms with E-state index in [0.29, 0.717) is 22.6 Å². The van der Waals surface area contributed by atoms with Gasteiger partial charge in [-0.1, -0.05) is 11.6 Å². The van der Waals surface area contributed by atoms with Gasteiger partial charge in [-0.2, -0.15) is 0 Å². The van der Waals surface area contributed by atoms with Crippen molar-refractivity contribution in [1.29, 1.82) is 0 Å². The molecule has 1 amide bonds. The molecule has 0 heterocycles. The molecule has 0 aliphatic rings. The molecule has 1 aromatic rings. The molecular formula is C12H14ClNO3. The Balaban J connectivity index is 2.78. The zero-order chi connectivity index (χ0) is 13.1. The standard InChI is InChI=1S/C12H14ClNO3/c1-12(2,3)17-11(16)14-10-5-8(7-15)4-9(13)6-10/h4-7H,1-3H3,(H,14,16). The third-order valence-corrected chi connectivity index (χ3v) is 1.92. The van der Waals surface area contributed by atoms with Crippen molar-refractivity contribution >= 4 is 29.7 Å². The maximum Gasteiger partial charge on any atom is 0.412 e. The Kier molecular flexibility index (Phi) is 4.12. The molecule has 0 aromatic heterocycles. The molecule has 17 heavy (non-hydrogen) atoms. The predicted molar refractivity (Wildman–Crippen MR) is 66.7 cm³/mol. The molecule has 0 spiro atoms. The topological polar surface area (TPSA) is 55.4 Å². The molecule has 4 nitrogen and oxygen atoms in total. The number of rotatable bonds is 2. The predicted octanol–water partition coefficient (Wildman–Crippen LogP) is 3.50. The van der Waals surface area contributed by atoms with Crippen LogP contribution in [-0.2, 0) is 4.74 Å². The molecule has 0 saturated heterocycles. The molecule has 0 radical (unpaired) electrons. The number of carbonyl (C=O) groups is 2. The lowest BCUT2D eigenvalue weighted by Gasteiger charge is -2.19. The van der Waals surface area contributed by atoms with Crippen LogP contribution in [0.1, 0.15) is 31.1 Å². The van der Waals surface area contributed by atoms with Gasteiger partial charge in [-0.15, -0.1) is 0 Å². The molecule has 0 aliphatic heterocycles. The number of nitrogens with one attached hydrogen (secondary N) is 1. The van der Waals surface area contributed by atoms with Crippen molar-refractivity contribution in [3.05, 3.63) is 28.8 Å². The Bertz CT molecular complexity index is 438. The van der Waals surface area contributed by atoms with Gasteiger partial charge in [0.2, 0.25) is 0 Å². The summed E-state index contributed by atoms with van der Waals surface area (Å²) in [7, 11) is 0. The van der Waals surface area contributed by atoms with Gasteiger partial charge in [0, 0.05) is 16.3 Å². The fourth-order valence-electron chi connectivity index (χ4n) is 1.17. The first-order valence-corrected chi connectivity index (χ1v) is 5.44. The molecule has 1 rings (SSSR count). The summed E-state index contributed by atoms with van der Waals surface area (Å²) >= 11 is 5.79. The van der Waals surface area contributed by atoms with Crippen LogP contribution in [0.25, 0.3) is 0 Å². The van der Waals surface area contributed by atoms with Crippen LogP contribution in [0.2, 0.25) is 5.02 Å². The van der Waals surface area contributed by atoms with Crippen LogP contribution < -0.4 is 5.32 Å². The molecule has 1 aromatic carbocycles. The number of hydrogen-bond donors (Lipinski definition) is 1. The maximum absolute atomic E-state index is 11.5. The molecule has 0 aliphatic carbocycles. The van der Waals surface area contributed by atoms with Gasteiger partial charge in [-0.3, -0.25) is 10.1 Å². The Morgan fingerprint density at radius 1 is 1.35 bits per heavy atom. The largest absolute Gasteiger partial charge is 0.444 e. The second-order valence-electron chi connectivity index (χ2n) is 4.52. The van der Waals surface area contributed by atoms with Crippen molar-refractivity contribution in [3.8, 4) is 0 Å². The van der Waals surface area contributed by atoms with E-state index in [9.17, 15) is 9.59 Å². The minimum Gasteiger partial charge on any atom is -0.444 e. The van der Waals surface area contributed by atoms with Gasteiger partial charge in [0.05, 0.1) is 0 Å². The van der Waals surface area contributed by atoms with Crippen molar-refractivity contribution < 1.29 is 14.3 Å². The smallest absolute Gasteiger partial charge is 0.412 e. The van der Waals surface area contributed by atoms with Crippen molar-refractivity contribution in [2.45, 2.75) is 26.4 Å². The first-order chi connectivity index (χ1) is 7.80. The van der Waals surface area contributed by atoms with Crippen LogP contribution >= 0.6 is 11.6 Å². The van der Waals surface area contributed by atoms with Crippen molar-refractivity contribution in [2.24, 2.45) is 0 Å². The minimum absolute atomic E-state index is 0.376. The van der Waals surface area contributed by atoms with E-state index < -0.39 is 11.7 Å². The Morgan fingerprint density at radius 2 is 2.00 bits per heavy atom. The number of hydrogen-bond acceptors (Lipinski definition) is 3. The van der Waals surface area contributed by atoms with Crippen molar-refractivity contribution in [3.63, 3.8) is 0 Å². The second-order valence-corrected chi connectivity index (χ2v) is 4.95. The Morgan fingerprint density at radius 3 is 2.53 bits per heavy atom. The number of halogens is 1. The van der Waals surface area contributed by atoms with E-state index in [1.54, 1.807) is 26.8 Å². The van der Waals surface area contributed by atoms with Crippen LogP contribution in [0, 0.1) is 0 Å². The molecule has 0 bridgehead atoms. The fourth-order valence-corrected chi connectivity index (χ4v) is 1.42. The van der Waals surface area contributed by atoms with Crippen molar-refractivity contribution in [1.82, 2.24) is 0 Å². The maximum atomic E-state index is 11.5. The number of benzene rings is 1. The summed E-state index contributed by atoms with van der Waals surface area (Å²) in [4.78, 5) is 22.1. The number of amides is 1. The van der Waals surface area contributed by atoms with E-state index in [0.717, 1.165) is 0 Å². The van der Waals surface area contributed by atoms with Gasteiger partial charge in [0.15, 0.2) is 0 Å². The highest BCUT2D eigenvalue weighted by atomic mass is 35.5. The van der Waals surface area contributed by atoms with E-state index in [1.165, 1.54) is 12.1 Å². The first kappa shape index (κ1) is 13.5. The van der Waals surface area contributed by atoms with Gasteiger partial charge in [-0.25, -0.2) is 4.79 Å². The summed E-state index contributed by atoms with van der Waals surface area (Å²) in [5.74, 6) is 0. The average molecular weight is 256 g/mol. The summed E-state index contributed by atoms with van der Waals surface area (Å²) in [5, 5.41) is 2.89. The van der Waals surface area contributed by atoms with E-state index in [-0.39, 0.29) is 0 Å². The quantitative estimate of drug-likeness (QED) is 0.823. The lowest BCUT2D eigenvalue weighted by atomic mass is 10.2. The van der Waals surface area contributed by atoms with Crippen LogP contribution in [-0.4, -0.2) is 18.0 Å². The first-order valence-electron chi connectivity index (χ1n) is 5.06. The Labute approximate surface area is 105 Å². The number of ether oxygens (including phenoxy) is 1. The van der Waals surface area contributed by atoms with Crippen LogP contribution in [0.5, 0.6) is 0 Å². The summed E-state index contributed by atoms with van der Waals surface area (Å²) in [6.07, 6.45) is 0.0724. The minimum atomic E-state index is -0.586. The van der Waals surface area contributed by atoms with Crippen LogP contribution in [0.4, 0.5) is 10.5 Å². The van der Waals surface area contributed by atoms with Gasteiger partial charge in [-0.05, 0) is 39.0 Å². The van der Waals surface area contributed by atoms with Gasteiger partial charge >= 0.3 is 6.09 Å². The zero-order valence-electron chi connectivity index (χ0n) is 9.91. The van der Waals surface area contributed by atoms with Gasteiger partial charge in [0.25, 0.3) is 0 Å². The third kappa shape index (κ3) is 4.87. The lowest BCUT2D eigenvalue weighted by Crippen LogP contribution is -2.27. The van der Waals surface area contributed by atoms with E-state index >= 15 is 0 Å². The van der Waals surface area contributed by atoms with Gasteiger partial charge < -0.3 is 4.74 Å². The molecule has 0 unspecified atom stereocenters. The second kappa shape index (κ2) is 5.19. The molecule has 5 heteroatoms. The highest BCUT2D eigenvalue weighted by molar-refractivity contribution is 6.31. The highest BCUT2D eigenvalue weighted by Crippen LogP contribution is 2.19. The molecule has 92 valence electrons. The zero-order valence-corrected chi connectivity index (χ0v) is 10.7. The summed E-state index contributed by atoms with van der Waals surface area (Å²) < 4.78 is 5.07. The lowest BCUT2D eigenvalue weighted by molar-refractivity contribution is 0.0635. The average Bonchev–Trinajstić information content (AvgIpc) is 2.13. The highest BCUT2D eigenvalue weighted by Gasteiger charge is 2.16.